The van der Waals surface area contributed by atoms with E-state index in [1.807, 2.05) is 0 Å². The summed E-state index contributed by atoms with van der Waals surface area (Å²) < 4.78 is 9.78. The van der Waals surface area contributed by atoms with Crippen LogP contribution in [0.3, 0.4) is 0 Å². The molecule has 8 heteroatoms. The van der Waals surface area contributed by atoms with Crippen molar-refractivity contribution in [1.29, 1.82) is 0 Å². The Kier molecular flexibility index (Phi) is 7.54. The van der Waals surface area contributed by atoms with Crippen LogP contribution in [0.15, 0.2) is 18.2 Å². The number of carboxylic acids is 2. The Morgan fingerprint density at radius 3 is 2.12 bits per heavy atom. The molecule has 132 valence electrons. The van der Waals surface area contributed by atoms with E-state index in [9.17, 15) is 14.4 Å². The number of carbonyl (C=O) groups excluding carboxylic acids is 1. The molecule has 0 bridgehead atoms. The van der Waals surface area contributed by atoms with Gasteiger partial charge < -0.3 is 24.6 Å². The first-order valence-corrected chi connectivity index (χ1v) is 7.32. The highest BCUT2D eigenvalue weighted by molar-refractivity contribution is 5.71. The maximum atomic E-state index is 11.1. The van der Waals surface area contributed by atoms with Crippen molar-refractivity contribution in [2.75, 3.05) is 31.7 Å². The van der Waals surface area contributed by atoms with Crippen molar-refractivity contribution in [3.63, 3.8) is 0 Å². The van der Waals surface area contributed by atoms with Crippen LogP contribution >= 0.6 is 0 Å². The zero-order chi connectivity index (χ0) is 18.1. The van der Waals surface area contributed by atoms with Gasteiger partial charge >= 0.3 is 17.9 Å². The summed E-state index contributed by atoms with van der Waals surface area (Å²) in [6.45, 7) is 1.99. The van der Waals surface area contributed by atoms with Crippen molar-refractivity contribution in [2.24, 2.45) is 0 Å². The van der Waals surface area contributed by atoms with Gasteiger partial charge in [0.25, 0.3) is 0 Å². The minimum absolute atomic E-state index is 0.0976. The second-order valence-electron chi connectivity index (χ2n) is 5.09. The molecular weight excluding hydrogens is 318 g/mol. The molecule has 0 fully saturated rings. The molecule has 2 N–H and O–H groups in total. The monoisotopic (exact) mass is 339 g/mol. The second-order valence-corrected chi connectivity index (χ2v) is 5.09. The first-order valence-electron chi connectivity index (χ1n) is 7.32. The minimum atomic E-state index is -0.953. The van der Waals surface area contributed by atoms with Crippen molar-refractivity contribution in [3.8, 4) is 5.75 Å². The number of ether oxygens (including phenoxy) is 2. The van der Waals surface area contributed by atoms with E-state index in [2.05, 4.69) is 4.74 Å². The van der Waals surface area contributed by atoms with Gasteiger partial charge in [0.15, 0.2) is 6.61 Å². The van der Waals surface area contributed by atoms with Crippen LogP contribution in [0.1, 0.15) is 18.4 Å². The molecule has 0 spiro atoms. The lowest BCUT2D eigenvalue weighted by atomic mass is 10.1. The molecule has 0 unspecified atom stereocenters. The minimum Gasteiger partial charge on any atom is -0.482 e. The number of carbonyl (C=O) groups is 3. The van der Waals surface area contributed by atoms with Gasteiger partial charge in [0.1, 0.15) is 5.75 Å². The highest BCUT2D eigenvalue weighted by Crippen LogP contribution is 2.25. The molecule has 0 aliphatic carbocycles. The van der Waals surface area contributed by atoms with Gasteiger partial charge in [-0.2, -0.15) is 0 Å². The van der Waals surface area contributed by atoms with Crippen LogP contribution in [-0.4, -0.2) is 54.9 Å². The van der Waals surface area contributed by atoms with Crippen molar-refractivity contribution in [1.82, 2.24) is 0 Å². The molecule has 1 aromatic rings. The molecule has 0 aliphatic rings. The van der Waals surface area contributed by atoms with Gasteiger partial charge in [-0.3, -0.25) is 9.59 Å². The second kappa shape index (κ2) is 9.39. The van der Waals surface area contributed by atoms with Crippen molar-refractivity contribution in [2.45, 2.75) is 19.8 Å². The summed E-state index contributed by atoms with van der Waals surface area (Å²) in [6.07, 6.45) is -0.195. The first kappa shape index (κ1) is 19.3. The Labute approximate surface area is 139 Å². The van der Waals surface area contributed by atoms with Gasteiger partial charge in [0.2, 0.25) is 0 Å². The summed E-state index contributed by atoms with van der Waals surface area (Å²) >= 11 is 0. The average molecular weight is 339 g/mol. The molecule has 0 saturated heterocycles. The number of aryl methyl sites for hydroxylation is 1. The molecule has 0 aromatic heterocycles. The fraction of sp³-hybridized carbons (Fsp3) is 0.438. The topological polar surface area (TPSA) is 113 Å². The molecule has 1 rings (SSSR count). The van der Waals surface area contributed by atoms with E-state index in [4.69, 9.17) is 14.9 Å². The number of nitrogens with zero attached hydrogens (tertiary/aromatic N) is 1. The van der Waals surface area contributed by atoms with Gasteiger partial charge in [-0.1, -0.05) is 0 Å². The van der Waals surface area contributed by atoms with E-state index in [0.717, 1.165) is 11.3 Å². The van der Waals surface area contributed by atoms with E-state index in [-0.39, 0.29) is 32.5 Å². The van der Waals surface area contributed by atoms with Crippen LogP contribution in [0.2, 0.25) is 0 Å². The number of anilines is 1. The Hall–Kier alpha value is -2.77. The number of esters is 1. The molecule has 0 amide bonds. The molecule has 8 nitrogen and oxygen atoms in total. The van der Waals surface area contributed by atoms with Crippen LogP contribution in [0, 0.1) is 6.92 Å². The number of rotatable bonds is 10. The number of carboxylic acid groups (broad SMARTS) is 2. The average Bonchev–Trinajstić information content (AvgIpc) is 2.53. The molecule has 0 atom stereocenters. The van der Waals surface area contributed by atoms with Crippen LogP contribution in [0.4, 0.5) is 5.69 Å². The quantitative estimate of drug-likeness (QED) is 0.613. The maximum Gasteiger partial charge on any atom is 0.343 e. The predicted octanol–water partition coefficient (Wildman–Crippen LogP) is 1.30. The summed E-state index contributed by atoms with van der Waals surface area (Å²) in [7, 11) is 1.27. The van der Waals surface area contributed by atoms with E-state index in [0.29, 0.717) is 5.75 Å². The third kappa shape index (κ3) is 6.55. The fourth-order valence-corrected chi connectivity index (χ4v) is 2.09. The third-order valence-corrected chi connectivity index (χ3v) is 3.28. The van der Waals surface area contributed by atoms with Crippen molar-refractivity contribution < 1.29 is 34.1 Å². The highest BCUT2D eigenvalue weighted by atomic mass is 16.6. The molecular formula is C16H21NO7. The SMILES string of the molecule is COC(=O)COc1ccc(N(CCC(=O)O)CCC(=O)O)c(C)c1. The van der Waals surface area contributed by atoms with Crippen LogP contribution in [0.25, 0.3) is 0 Å². The summed E-state index contributed by atoms with van der Waals surface area (Å²) in [6, 6.07) is 5.05. The molecule has 0 radical (unpaired) electrons. The standard InChI is InChI=1S/C16H21NO7/c1-11-9-12(24-10-16(22)23-2)3-4-13(11)17(7-5-14(18)19)8-6-15(20)21/h3-4,9H,5-8,10H2,1-2H3,(H,18,19)(H,20,21). The number of hydrogen-bond acceptors (Lipinski definition) is 6. The summed E-state index contributed by atoms with van der Waals surface area (Å²) in [5, 5.41) is 17.7. The zero-order valence-corrected chi connectivity index (χ0v) is 13.7. The number of benzene rings is 1. The first-order chi connectivity index (χ1) is 11.3. The van der Waals surface area contributed by atoms with Gasteiger partial charge in [-0.25, -0.2) is 4.79 Å². The molecule has 0 aliphatic heterocycles. The van der Waals surface area contributed by atoms with E-state index in [1.165, 1.54) is 7.11 Å². The van der Waals surface area contributed by atoms with Crippen LogP contribution < -0.4 is 9.64 Å². The number of hydrogen-bond donors (Lipinski definition) is 2. The molecule has 0 heterocycles. The van der Waals surface area contributed by atoms with Crippen molar-refractivity contribution >= 4 is 23.6 Å². The third-order valence-electron chi connectivity index (χ3n) is 3.28. The Morgan fingerprint density at radius 2 is 1.67 bits per heavy atom. The van der Waals surface area contributed by atoms with E-state index < -0.39 is 17.9 Å². The van der Waals surface area contributed by atoms with E-state index >= 15 is 0 Å². The van der Waals surface area contributed by atoms with Crippen molar-refractivity contribution in [3.05, 3.63) is 23.8 Å². The number of methoxy groups -OCH3 is 1. The normalized spacial score (nSPS) is 10.1. The van der Waals surface area contributed by atoms with E-state index in [1.54, 1.807) is 30.0 Å². The lowest BCUT2D eigenvalue weighted by Crippen LogP contribution is -2.29. The lowest BCUT2D eigenvalue weighted by Gasteiger charge is -2.25. The summed E-state index contributed by atoms with van der Waals surface area (Å²) in [5.74, 6) is -1.93. The largest absolute Gasteiger partial charge is 0.482 e. The molecule has 1 aromatic carbocycles. The van der Waals surface area contributed by atoms with Crippen LogP contribution in [-0.2, 0) is 19.1 Å². The summed E-state index contributed by atoms with van der Waals surface area (Å²) in [4.78, 5) is 34.4. The maximum absolute atomic E-state index is 11.1. The lowest BCUT2D eigenvalue weighted by molar-refractivity contribution is -0.143. The highest BCUT2D eigenvalue weighted by Gasteiger charge is 2.14. The Balaban J connectivity index is 2.86. The van der Waals surface area contributed by atoms with Crippen LogP contribution in [0.5, 0.6) is 5.75 Å². The predicted molar refractivity (Wildman–Crippen MR) is 85.4 cm³/mol. The fourth-order valence-electron chi connectivity index (χ4n) is 2.09. The van der Waals surface area contributed by atoms with Gasteiger partial charge in [-0.15, -0.1) is 0 Å². The van der Waals surface area contributed by atoms with Gasteiger partial charge in [0.05, 0.1) is 20.0 Å². The van der Waals surface area contributed by atoms with Gasteiger partial charge in [0, 0.05) is 18.8 Å². The molecule has 24 heavy (non-hydrogen) atoms. The summed E-state index contributed by atoms with van der Waals surface area (Å²) in [5.41, 5.74) is 1.51. The Bertz CT molecular complexity index is 582. The van der Waals surface area contributed by atoms with Gasteiger partial charge in [-0.05, 0) is 30.7 Å². The zero-order valence-electron chi connectivity index (χ0n) is 13.7. The number of aliphatic carboxylic acids is 2. The smallest absolute Gasteiger partial charge is 0.343 e. The Morgan fingerprint density at radius 1 is 1.08 bits per heavy atom. The molecule has 0 saturated carbocycles.